The van der Waals surface area contributed by atoms with Crippen LogP contribution in [0.3, 0.4) is 0 Å². The number of fused-ring (bicyclic) bond motifs is 1. The van der Waals surface area contributed by atoms with Gasteiger partial charge in [-0.15, -0.1) is 5.10 Å². The van der Waals surface area contributed by atoms with Crippen LogP contribution in [-0.2, 0) is 11.2 Å². The molecule has 7 heteroatoms. The first-order valence-corrected chi connectivity index (χ1v) is 9.30. The quantitative estimate of drug-likeness (QED) is 0.723. The number of nitrogens with zero attached hydrogens (tertiary/aromatic N) is 4. The van der Waals surface area contributed by atoms with E-state index in [9.17, 15) is 9.59 Å². The van der Waals surface area contributed by atoms with Crippen molar-refractivity contribution in [3.05, 3.63) is 57.0 Å². The van der Waals surface area contributed by atoms with E-state index in [4.69, 9.17) is 0 Å². The van der Waals surface area contributed by atoms with Crippen molar-refractivity contribution in [1.29, 1.82) is 0 Å². The van der Waals surface area contributed by atoms with Crippen LogP contribution < -0.4 is 5.56 Å². The lowest BCUT2D eigenvalue weighted by Crippen LogP contribution is -2.42. The molecule has 0 bridgehead atoms. The highest BCUT2D eigenvalue weighted by atomic mass is 32.1. The van der Waals surface area contributed by atoms with Crippen molar-refractivity contribution >= 4 is 28.1 Å². The lowest BCUT2D eigenvalue weighted by atomic mass is 10.0. The van der Waals surface area contributed by atoms with Crippen molar-refractivity contribution < 1.29 is 4.79 Å². The summed E-state index contributed by atoms with van der Waals surface area (Å²) in [4.78, 5) is 26.9. The molecule has 0 atom stereocenters. The maximum Gasteiger partial charge on any atom is 0.277 e. The molecule has 2 aromatic heterocycles. The summed E-state index contributed by atoms with van der Waals surface area (Å²) in [5.74, 6) is 0.147. The molecule has 128 valence electrons. The summed E-state index contributed by atoms with van der Waals surface area (Å²) in [6.45, 7) is 1.29. The molecule has 0 saturated carbocycles. The van der Waals surface area contributed by atoms with E-state index in [0.29, 0.717) is 30.4 Å². The first kappa shape index (κ1) is 16.0. The van der Waals surface area contributed by atoms with Gasteiger partial charge in [-0.05, 0) is 47.4 Å². The smallest absolute Gasteiger partial charge is 0.277 e. The van der Waals surface area contributed by atoms with Gasteiger partial charge in [-0.2, -0.15) is 11.3 Å². The summed E-state index contributed by atoms with van der Waals surface area (Å²) in [7, 11) is 0. The zero-order chi connectivity index (χ0) is 17.2. The number of hydrogen-bond acceptors (Lipinski definition) is 5. The SMILES string of the molecule is O=C(Cc1ccsc1)N1CCC(n2nnc3ccccc3c2=O)CC1. The number of hydrogen-bond donors (Lipinski definition) is 0. The monoisotopic (exact) mass is 354 g/mol. The van der Waals surface area contributed by atoms with Crippen LogP contribution in [0, 0.1) is 0 Å². The Morgan fingerprint density at radius 3 is 2.76 bits per heavy atom. The Labute approximate surface area is 148 Å². The number of likely N-dealkylation sites (tertiary alicyclic amines) is 1. The van der Waals surface area contributed by atoms with Crippen molar-refractivity contribution in [3.8, 4) is 0 Å². The second-order valence-electron chi connectivity index (χ2n) is 6.28. The predicted octanol–water partition coefficient (Wildman–Crippen LogP) is 2.26. The van der Waals surface area contributed by atoms with Gasteiger partial charge in [0.2, 0.25) is 5.91 Å². The molecule has 25 heavy (non-hydrogen) atoms. The third kappa shape index (κ3) is 3.19. The molecule has 1 aromatic carbocycles. The van der Waals surface area contributed by atoms with E-state index in [1.54, 1.807) is 23.5 Å². The Bertz CT molecular complexity index is 943. The van der Waals surface area contributed by atoms with Crippen molar-refractivity contribution in [3.63, 3.8) is 0 Å². The maximum atomic E-state index is 12.6. The van der Waals surface area contributed by atoms with Crippen LogP contribution >= 0.6 is 11.3 Å². The van der Waals surface area contributed by atoms with Gasteiger partial charge >= 0.3 is 0 Å². The summed E-state index contributed by atoms with van der Waals surface area (Å²) in [6.07, 6.45) is 1.90. The molecule has 1 fully saturated rings. The molecule has 1 aliphatic rings. The fraction of sp³-hybridized carbons (Fsp3) is 0.333. The van der Waals surface area contributed by atoms with E-state index >= 15 is 0 Å². The van der Waals surface area contributed by atoms with Crippen molar-refractivity contribution in [1.82, 2.24) is 19.9 Å². The first-order chi connectivity index (χ1) is 12.2. The number of piperidine rings is 1. The number of carbonyl (C=O) groups is 1. The van der Waals surface area contributed by atoms with Crippen LogP contribution in [0.2, 0.25) is 0 Å². The second kappa shape index (κ2) is 6.76. The highest BCUT2D eigenvalue weighted by Crippen LogP contribution is 2.21. The Balaban J connectivity index is 1.46. The summed E-state index contributed by atoms with van der Waals surface area (Å²) in [5, 5.41) is 12.9. The van der Waals surface area contributed by atoms with Crippen LogP contribution in [0.4, 0.5) is 0 Å². The summed E-state index contributed by atoms with van der Waals surface area (Å²) in [6, 6.07) is 9.23. The van der Waals surface area contributed by atoms with Crippen LogP contribution in [0.5, 0.6) is 0 Å². The van der Waals surface area contributed by atoms with Crippen molar-refractivity contribution in [2.24, 2.45) is 0 Å². The van der Waals surface area contributed by atoms with E-state index in [1.807, 2.05) is 33.9 Å². The van der Waals surface area contributed by atoms with Gasteiger partial charge in [0, 0.05) is 13.1 Å². The highest BCUT2D eigenvalue weighted by molar-refractivity contribution is 7.08. The molecule has 1 amide bonds. The maximum absolute atomic E-state index is 12.6. The normalized spacial score (nSPS) is 15.6. The average molecular weight is 354 g/mol. The van der Waals surface area contributed by atoms with Crippen LogP contribution in [0.25, 0.3) is 10.9 Å². The zero-order valence-electron chi connectivity index (χ0n) is 13.7. The fourth-order valence-electron chi connectivity index (χ4n) is 3.28. The molecule has 0 aliphatic carbocycles. The topological polar surface area (TPSA) is 68.1 Å². The number of carbonyl (C=O) groups excluding carboxylic acids is 1. The molecule has 1 saturated heterocycles. The number of aromatic nitrogens is 3. The molecule has 0 unspecified atom stereocenters. The van der Waals surface area contributed by atoms with Gasteiger partial charge in [0.1, 0.15) is 5.52 Å². The molecule has 6 nitrogen and oxygen atoms in total. The highest BCUT2D eigenvalue weighted by Gasteiger charge is 2.25. The zero-order valence-corrected chi connectivity index (χ0v) is 14.5. The Hall–Kier alpha value is -2.54. The van der Waals surface area contributed by atoms with Gasteiger partial charge in [0.25, 0.3) is 5.56 Å². The standard InChI is InChI=1S/C18H18N4O2S/c23-17(11-13-7-10-25-12-13)21-8-5-14(6-9-21)22-18(24)15-3-1-2-4-16(15)19-20-22/h1-4,7,10,12,14H,5-6,8-9,11H2. The third-order valence-corrected chi connectivity index (χ3v) is 5.42. The minimum Gasteiger partial charge on any atom is -0.342 e. The van der Waals surface area contributed by atoms with E-state index in [1.165, 1.54) is 4.68 Å². The average Bonchev–Trinajstić information content (AvgIpc) is 3.15. The van der Waals surface area contributed by atoms with E-state index in [-0.39, 0.29) is 17.5 Å². The second-order valence-corrected chi connectivity index (χ2v) is 7.06. The molecule has 3 aromatic rings. The number of amides is 1. The molecule has 0 N–H and O–H groups in total. The Kier molecular flexibility index (Phi) is 4.31. The third-order valence-electron chi connectivity index (χ3n) is 4.69. The van der Waals surface area contributed by atoms with E-state index < -0.39 is 0 Å². The Morgan fingerprint density at radius 2 is 2.00 bits per heavy atom. The lowest BCUT2D eigenvalue weighted by molar-refractivity contribution is -0.131. The molecule has 4 rings (SSSR count). The van der Waals surface area contributed by atoms with Crippen molar-refractivity contribution in [2.45, 2.75) is 25.3 Å². The fourth-order valence-corrected chi connectivity index (χ4v) is 3.95. The summed E-state index contributed by atoms with van der Waals surface area (Å²) < 4.78 is 1.49. The molecule has 0 radical (unpaired) electrons. The van der Waals surface area contributed by atoms with Crippen LogP contribution in [0.1, 0.15) is 24.4 Å². The van der Waals surface area contributed by atoms with Gasteiger partial charge in [-0.3, -0.25) is 9.59 Å². The van der Waals surface area contributed by atoms with Crippen molar-refractivity contribution in [2.75, 3.05) is 13.1 Å². The minimum absolute atomic E-state index is 0.00481. The van der Waals surface area contributed by atoms with Gasteiger partial charge in [-0.1, -0.05) is 17.3 Å². The molecule has 0 spiro atoms. The van der Waals surface area contributed by atoms with Gasteiger partial charge in [-0.25, -0.2) is 4.68 Å². The summed E-state index contributed by atoms with van der Waals surface area (Å²) in [5.41, 5.74) is 1.58. The van der Waals surface area contributed by atoms with E-state index in [0.717, 1.165) is 18.4 Å². The largest absolute Gasteiger partial charge is 0.342 e. The number of rotatable bonds is 3. The molecule has 1 aliphatic heterocycles. The minimum atomic E-state index is -0.103. The number of thiophene rings is 1. The summed E-state index contributed by atoms with van der Waals surface area (Å²) >= 11 is 1.60. The van der Waals surface area contributed by atoms with Crippen LogP contribution in [0.15, 0.2) is 45.9 Å². The Morgan fingerprint density at radius 1 is 1.20 bits per heavy atom. The molecular weight excluding hydrogens is 336 g/mol. The first-order valence-electron chi connectivity index (χ1n) is 8.35. The van der Waals surface area contributed by atoms with Crippen LogP contribution in [-0.4, -0.2) is 38.9 Å². The van der Waals surface area contributed by atoms with E-state index in [2.05, 4.69) is 10.3 Å². The number of benzene rings is 1. The van der Waals surface area contributed by atoms with Gasteiger partial charge in [0.15, 0.2) is 0 Å². The molecular formula is C18H18N4O2S. The predicted molar refractivity (Wildman–Crippen MR) is 96.7 cm³/mol. The lowest BCUT2D eigenvalue weighted by Gasteiger charge is -2.32. The molecule has 3 heterocycles. The van der Waals surface area contributed by atoms with Gasteiger partial charge in [0.05, 0.1) is 17.8 Å². The van der Waals surface area contributed by atoms with Gasteiger partial charge < -0.3 is 4.90 Å².